The largest absolute Gasteiger partial charge is 0.471 e. The molecule has 2 fully saturated rings. The lowest BCUT2D eigenvalue weighted by Crippen LogP contribution is -2.50. The lowest BCUT2D eigenvalue weighted by Gasteiger charge is -2.32. The standard InChI is InChI=1S/C26H31F3N6O/c1-14(18-5-4-6-19(22(18)27)23(28)29)31-24-21-11-20(16-7-9-35(3)10-8-16)26(36-17-12-30-13-17)34-25(21)33-15(2)32-24/h4-6,11,14,16-17,23,30H,7-10,12-13H2,1-3H3,(H,31,32,33,34)/t14-/m1/s1. The molecule has 5 rings (SSSR count). The molecule has 36 heavy (non-hydrogen) atoms. The van der Waals surface area contributed by atoms with Gasteiger partial charge in [-0.2, -0.15) is 4.98 Å². The second-order valence-electron chi connectivity index (χ2n) is 9.77. The molecule has 2 saturated heterocycles. The molecular formula is C26H31F3N6O. The monoisotopic (exact) mass is 500 g/mol. The molecule has 0 bridgehead atoms. The summed E-state index contributed by atoms with van der Waals surface area (Å²) >= 11 is 0. The summed E-state index contributed by atoms with van der Waals surface area (Å²) in [4.78, 5) is 16.3. The van der Waals surface area contributed by atoms with Crippen LogP contribution in [0.15, 0.2) is 24.3 Å². The summed E-state index contributed by atoms with van der Waals surface area (Å²) in [5, 5.41) is 7.16. The van der Waals surface area contributed by atoms with Crippen LogP contribution in [-0.4, -0.2) is 59.2 Å². The van der Waals surface area contributed by atoms with Gasteiger partial charge in [0.1, 0.15) is 23.6 Å². The highest BCUT2D eigenvalue weighted by Crippen LogP contribution is 2.37. The number of anilines is 1. The van der Waals surface area contributed by atoms with Gasteiger partial charge in [0, 0.05) is 24.2 Å². The normalized spacial score (nSPS) is 18.4. The van der Waals surface area contributed by atoms with E-state index in [2.05, 4.69) is 32.5 Å². The van der Waals surface area contributed by atoms with Crippen molar-refractivity contribution in [1.29, 1.82) is 0 Å². The van der Waals surface area contributed by atoms with Crippen molar-refractivity contribution < 1.29 is 17.9 Å². The highest BCUT2D eigenvalue weighted by atomic mass is 19.3. The van der Waals surface area contributed by atoms with Gasteiger partial charge in [0.15, 0.2) is 5.65 Å². The van der Waals surface area contributed by atoms with E-state index in [0.29, 0.717) is 28.6 Å². The molecule has 1 aromatic carbocycles. The Balaban J connectivity index is 1.54. The van der Waals surface area contributed by atoms with E-state index in [1.807, 2.05) is 6.07 Å². The molecular weight excluding hydrogens is 469 g/mol. The number of aryl methyl sites for hydroxylation is 1. The van der Waals surface area contributed by atoms with Gasteiger partial charge in [0.25, 0.3) is 6.43 Å². The number of piperidine rings is 1. The molecule has 2 aliphatic rings. The molecule has 1 atom stereocenters. The first-order chi connectivity index (χ1) is 17.3. The van der Waals surface area contributed by atoms with Crippen LogP contribution in [-0.2, 0) is 0 Å². The number of hydrogen-bond donors (Lipinski definition) is 2. The lowest BCUT2D eigenvalue weighted by atomic mass is 9.89. The first kappa shape index (κ1) is 24.7. The summed E-state index contributed by atoms with van der Waals surface area (Å²) in [5.41, 5.74) is 1.05. The summed E-state index contributed by atoms with van der Waals surface area (Å²) in [6.45, 7) is 7.02. The Morgan fingerprint density at radius 3 is 2.50 bits per heavy atom. The summed E-state index contributed by atoms with van der Waals surface area (Å²) in [6, 6.07) is 5.50. The summed E-state index contributed by atoms with van der Waals surface area (Å²) < 4.78 is 47.6. The van der Waals surface area contributed by atoms with Crippen LogP contribution in [0.25, 0.3) is 11.0 Å². The predicted molar refractivity (Wildman–Crippen MR) is 132 cm³/mol. The molecule has 10 heteroatoms. The van der Waals surface area contributed by atoms with E-state index >= 15 is 0 Å². The number of pyridine rings is 1. The van der Waals surface area contributed by atoms with E-state index in [1.54, 1.807) is 13.8 Å². The van der Waals surface area contributed by atoms with Crippen LogP contribution in [0.3, 0.4) is 0 Å². The molecule has 192 valence electrons. The van der Waals surface area contributed by atoms with Crippen LogP contribution in [0.4, 0.5) is 19.0 Å². The van der Waals surface area contributed by atoms with Crippen LogP contribution in [0.5, 0.6) is 5.88 Å². The molecule has 7 nitrogen and oxygen atoms in total. The minimum Gasteiger partial charge on any atom is -0.471 e. The van der Waals surface area contributed by atoms with E-state index in [1.165, 1.54) is 12.1 Å². The number of hydrogen-bond acceptors (Lipinski definition) is 7. The number of halogens is 3. The fraction of sp³-hybridized carbons (Fsp3) is 0.500. The smallest absolute Gasteiger partial charge is 0.266 e. The Bertz CT molecular complexity index is 1240. The van der Waals surface area contributed by atoms with Crippen molar-refractivity contribution in [3.05, 3.63) is 52.6 Å². The summed E-state index contributed by atoms with van der Waals surface area (Å²) in [5.74, 6) is 0.974. The van der Waals surface area contributed by atoms with Gasteiger partial charge in [-0.25, -0.2) is 23.1 Å². The molecule has 0 amide bonds. The van der Waals surface area contributed by atoms with Crippen molar-refractivity contribution in [2.45, 2.75) is 51.2 Å². The fourth-order valence-electron chi connectivity index (χ4n) is 4.84. The zero-order valence-corrected chi connectivity index (χ0v) is 20.7. The third-order valence-electron chi connectivity index (χ3n) is 7.09. The van der Waals surface area contributed by atoms with E-state index in [4.69, 9.17) is 9.72 Å². The van der Waals surface area contributed by atoms with E-state index < -0.39 is 23.8 Å². The minimum absolute atomic E-state index is 0.0746. The van der Waals surface area contributed by atoms with Gasteiger partial charge in [0.05, 0.1) is 17.0 Å². The molecule has 0 aliphatic carbocycles. The van der Waals surface area contributed by atoms with Crippen molar-refractivity contribution >= 4 is 16.9 Å². The average Bonchev–Trinajstić information content (AvgIpc) is 2.81. The molecule has 2 N–H and O–H groups in total. The van der Waals surface area contributed by atoms with Crippen LogP contribution >= 0.6 is 0 Å². The first-order valence-corrected chi connectivity index (χ1v) is 12.4. The zero-order chi connectivity index (χ0) is 25.4. The van der Waals surface area contributed by atoms with Gasteiger partial charge in [0.2, 0.25) is 5.88 Å². The number of benzene rings is 1. The second-order valence-corrected chi connectivity index (χ2v) is 9.77. The Labute approximate surface area is 208 Å². The summed E-state index contributed by atoms with van der Waals surface area (Å²) in [7, 11) is 2.12. The maximum Gasteiger partial charge on any atom is 0.266 e. The molecule has 2 aromatic heterocycles. The molecule has 0 spiro atoms. The highest BCUT2D eigenvalue weighted by molar-refractivity contribution is 5.88. The Morgan fingerprint density at radius 1 is 1.11 bits per heavy atom. The van der Waals surface area contributed by atoms with E-state index in [9.17, 15) is 13.2 Å². The molecule has 4 heterocycles. The molecule has 2 aliphatic heterocycles. The number of likely N-dealkylation sites (tertiary alicyclic amines) is 1. The number of fused-ring (bicyclic) bond motifs is 1. The topological polar surface area (TPSA) is 75.2 Å². The Hall–Kier alpha value is -2.98. The maximum absolute atomic E-state index is 14.8. The summed E-state index contributed by atoms with van der Waals surface area (Å²) in [6.07, 6.45) is -0.837. The van der Waals surface area contributed by atoms with Gasteiger partial charge in [-0.15, -0.1) is 0 Å². The third-order valence-corrected chi connectivity index (χ3v) is 7.09. The fourth-order valence-corrected chi connectivity index (χ4v) is 4.84. The van der Waals surface area contributed by atoms with Crippen molar-refractivity contribution in [1.82, 2.24) is 25.2 Å². The average molecular weight is 501 g/mol. The quantitative estimate of drug-likeness (QED) is 0.485. The van der Waals surface area contributed by atoms with Crippen LogP contribution in [0.2, 0.25) is 0 Å². The van der Waals surface area contributed by atoms with Crippen LogP contribution < -0.4 is 15.4 Å². The van der Waals surface area contributed by atoms with Gasteiger partial charge < -0.3 is 20.3 Å². The van der Waals surface area contributed by atoms with Crippen LogP contribution in [0.1, 0.15) is 60.7 Å². The third kappa shape index (κ3) is 4.97. The van der Waals surface area contributed by atoms with Gasteiger partial charge >= 0.3 is 0 Å². The van der Waals surface area contributed by atoms with Crippen molar-refractivity contribution in [2.75, 3.05) is 38.5 Å². The second kappa shape index (κ2) is 10.2. The Kier molecular flexibility index (Phi) is 6.98. The van der Waals surface area contributed by atoms with E-state index in [0.717, 1.165) is 50.7 Å². The highest BCUT2D eigenvalue weighted by Gasteiger charge is 2.28. The van der Waals surface area contributed by atoms with Crippen molar-refractivity contribution in [3.63, 3.8) is 0 Å². The van der Waals surface area contributed by atoms with Crippen molar-refractivity contribution in [3.8, 4) is 5.88 Å². The van der Waals surface area contributed by atoms with Crippen molar-refractivity contribution in [2.24, 2.45) is 0 Å². The van der Waals surface area contributed by atoms with Crippen LogP contribution in [0, 0.1) is 12.7 Å². The number of aromatic nitrogens is 3. The number of nitrogens with one attached hydrogen (secondary N) is 2. The lowest BCUT2D eigenvalue weighted by molar-refractivity contribution is 0.133. The first-order valence-electron chi connectivity index (χ1n) is 12.4. The van der Waals surface area contributed by atoms with E-state index in [-0.39, 0.29) is 17.6 Å². The number of alkyl halides is 2. The van der Waals surface area contributed by atoms with Gasteiger partial charge in [-0.3, -0.25) is 0 Å². The molecule has 0 saturated carbocycles. The number of rotatable bonds is 7. The molecule has 3 aromatic rings. The number of nitrogens with zero attached hydrogens (tertiary/aromatic N) is 4. The SMILES string of the molecule is Cc1nc(N[C@H](C)c2cccc(C(F)F)c2F)c2cc(C3CCN(C)CC3)c(OC3CNC3)nc2n1. The zero-order valence-electron chi connectivity index (χ0n) is 20.7. The van der Waals surface area contributed by atoms with Gasteiger partial charge in [-0.1, -0.05) is 18.2 Å². The molecule has 0 radical (unpaired) electrons. The Morgan fingerprint density at radius 2 is 1.83 bits per heavy atom. The minimum atomic E-state index is -2.88. The predicted octanol–water partition coefficient (Wildman–Crippen LogP) is 4.74. The maximum atomic E-state index is 14.8. The molecule has 0 unspecified atom stereocenters. The van der Waals surface area contributed by atoms with Gasteiger partial charge in [-0.05, 0) is 58.8 Å². The number of ether oxygens (including phenoxy) is 1.